The Hall–Kier alpha value is -1.58. The summed E-state index contributed by atoms with van der Waals surface area (Å²) in [5, 5.41) is 2.91. The fourth-order valence-electron chi connectivity index (χ4n) is 2.66. The van der Waals surface area contributed by atoms with Gasteiger partial charge >= 0.3 is 0 Å². The van der Waals surface area contributed by atoms with E-state index in [1.165, 1.54) is 12.1 Å². The second kappa shape index (κ2) is 2.97. The molecule has 3 N–H and O–H groups in total. The first-order valence-corrected chi connectivity index (χ1v) is 5.46. The summed E-state index contributed by atoms with van der Waals surface area (Å²) in [5.41, 5.74) is 5.46. The number of anilines is 1. The van der Waals surface area contributed by atoms with Crippen molar-refractivity contribution in [3.8, 4) is 0 Å². The van der Waals surface area contributed by atoms with Gasteiger partial charge in [-0.2, -0.15) is 0 Å². The number of benzene rings is 1. The molecule has 3 saturated carbocycles. The first-order valence-electron chi connectivity index (χ1n) is 5.46. The molecule has 0 atom stereocenters. The van der Waals surface area contributed by atoms with Crippen LogP contribution in [0.2, 0.25) is 0 Å². The average Bonchev–Trinajstić information content (AvgIpc) is 2.13. The van der Waals surface area contributed by atoms with Crippen molar-refractivity contribution < 1.29 is 9.18 Å². The van der Waals surface area contributed by atoms with Gasteiger partial charge in [0.25, 0.3) is 5.91 Å². The van der Waals surface area contributed by atoms with Gasteiger partial charge in [0, 0.05) is 5.54 Å². The van der Waals surface area contributed by atoms with Crippen molar-refractivity contribution in [2.75, 3.05) is 5.73 Å². The van der Waals surface area contributed by atoms with Gasteiger partial charge in [-0.25, -0.2) is 4.39 Å². The zero-order valence-electron chi connectivity index (χ0n) is 8.79. The largest absolute Gasteiger partial charge is 0.396 e. The number of nitrogens with one attached hydrogen (secondary N) is 1. The number of amides is 1. The van der Waals surface area contributed by atoms with E-state index in [4.69, 9.17) is 5.73 Å². The zero-order valence-corrected chi connectivity index (χ0v) is 8.79. The number of nitrogen functional groups attached to an aromatic ring is 1. The first kappa shape index (κ1) is 9.63. The number of carbonyl (C=O) groups excluding carboxylic acids is 1. The minimum Gasteiger partial charge on any atom is -0.396 e. The van der Waals surface area contributed by atoms with Crippen molar-refractivity contribution in [1.29, 1.82) is 0 Å². The maximum atomic E-state index is 13.6. The van der Waals surface area contributed by atoms with Crippen molar-refractivity contribution in [2.45, 2.75) is 24.8 Å². The van der Waals surface area contributed by atoms with E-state index in [-0.39, 0.29) is 22.7 Å². The molecule has 0 aliphatic heterocycles. The van der Waals surface area contributed by atoms with E-state index in [0.29, 0.717) is 0 Å². The van der Waals surface area contributed by atoms with E-state index in [0.717, 1.165) is 25.2 Å². The minimum atomic E-state index is -0.619. The topological polar surface area (TPSA) is 55.1 Å². The third-order valence-corrected chi connectivity index (χ3v) is 3.69. The highest BCUT2D eigenvalue weighted by Crippen LogP contribution is 2.56. The van der Waals surface area contributed by atoms with E-state index in [2.05, 4.69) is 5.32 Å². The predicted molar refractivity (Wildman–Crippen MR) is 58.4 cm³/mol. The number of hydrogen-bond donors (Lipinski definition) is 2. The molecule has 84 valence electrons. The van der Waals surface area contributed by atoms with E-state index < -0.39 is 5.82 Å². The monoisotopic (exact) mass is 220 g/mol. The second-order valence-corrected chi connectivity index (χ2v) is 4.92. The van der Waals surface area contributed by atoms with Gasteiger partial charge in [-0.3, -0.25) is 4.79 Å². The summed E-state index contributed by atoms with van der Waals surface area (Å²) in [4.78, 5) is 11.8. The van der Waals surface area contributed by atoms with Gasteiger partial charge in [-0.1, -0.05) is 6.07 Å². The Labute approximate surface area is 92.8 Å². The first-order chi connectivity index (χ1) is 7.60. The molecule has 3 aliphatic carbocycles. The molecule has 0 aromatic heterocycles. The van der Waals surface area contributed by atoms with Gasteiger partial charge in [0.2, 0.25) is 0 Å². The Morgan fingerprint density at radius 1 is 1.44 bits per heavy atom. The maximum Gasteiger partial charge on any atom is 0.254 e. The highest BCUT2D eigenvalue weighted by molar-refractivity contribution is 5.96. The highest BCUT2D eigenvalue weighted by atomic mass is 19.1. The van der Waals surface area contributed by atoms with Gasteiger partial charge in [-0.05, 0) is 37.3 Å². The molecular formula is C12H13FN2O. The molecule has 0 saturated heterocycles. The fourth-order valence-corrected chi connectivity index (χ4v) is 2.66. The van der Waals surface area contributed by atoms with Gasteiger partial charge in [0.1, 0.15) is 0 Å². The van der Waals surface area contributed by atoms with E-state index in [1.54, 1.807) is 6.07 Å². The number of rotatable bonds is 2. The lowest BCUT2D eigenvalue weighted by Crippen LogP contribution is -2.68. The van der Waals surface area contributed by atoms with Crippen LogP contribution < -0.4 is 11.1 Å². The molecule has 0 spiro atoms. The molecule has 2 bridgehead atoms. The molecule has 0 radical (unpaired) electrons. The van der Waals surface area contributed by atoms with Gasteiger partial charge in [-0.15, -0.1) is 0 Å². The summed E-state index contributed by atoms with van der Waals surface area (Å²) >= 11 is 0. The Morgan fingerprint density at radius 2 is 2.12 bits per heavy atom. The highest BCUT2D eigenvalue weighted by Gasteiger charge is 2.57. The van der Waals surface area contributed by atoms with Crippen LogP contribution in [0.25, 0.3) is 0 Å². The summed E-state index contributed by atoms with van der Waals surface area (Å²) in [6.45, 7) is 0. The molecular weight excluding hydrogens is 207 g/mol. The molecule has 0 heterocycles. The third-order valence-electron chi connectivity index (χ3n) is 3.69. The number of nitrogens with two attached hydrogens (primary N) is 1. The van der Waals surface area contributed by atoms with Crippen molar-refractivity contribution in [2.24, 2.45) is 5.92 Å². The van der Waals surface area contributed by atoms with Gasteiger partial charge in [0.05, 0.1) is 11.3 Å². The summed E-state index contributed by atoms with van der Waals surface area (Å²) in [7, 11) is 0. The third kappa shape index (κ3) is 1.22. The number of hydrogen-bond acceptors (Lipinski definition) is 2. The normalized spacial score (nSPS) is 30.2. The lowest BCUT2D eigenvalue weighted by atomic mass is 9.50. The smallest absolute Gasteiger partial charge is 0.254 e. The minimum absolute atomic E-state index is 0.0187. The molecule has 3 nitrogen and oxygen atoms in total. The molecule has 1 aromatic carbocycles. The Kier molecular flexibility index (Phi) is 1.79. The molecule has 1 amide bonds. The van der Waals surface area contributed by atoms with Crippen LogP contribution >= 0.6 is 0 Å². The molecule has 4 heteroatoms. The summed E-state index contributed by atoms with van der Waals surface area (Å²) < 4.78 is 13.6. The molecule has 4 rings (SSSR count). The van der Waals surface area contributed by atoms with E-state index in [1.807, 2.05) is 0 Å². The van der Waals surface area contributed by atoms with Crippen molar-refractivity contribution in [3.05, 3.63) is 29.6 Å². The van der Waals surface area contributed by atoms with Crippen LogP contribution in [0.3, 0.4) is 0 Å². The Balaban J connectivity index is 1.80. The lowest BCUT2D eigenvalue weighted by molar-refractivity contribution is -0.0439. The second-order valence-electron chi connectivity index (χ2n) is 4.92. The molecule has 3 fully saturated rings. The molecule has 16 heavy (non-hydrogen) atoms. The van der Waals surface area contributed by atoms with E-state index >= 15 is 0 Å². The SMILES string of the molecule is Nc1cccc(C(=O)NC23CC(C2)C3)c1F. The van der Waals surface area contributed by atoms with Crippen molar-refractivity contribution in [3.63, 3.8) is 0 Å². The lowest BCUT2D eigenvalue weighted by Gasteiger charge is -2.61. The van der Waals surface area contributed by atoms with Crippen LogP contribution in [0.4, 0.5) is 10.1 Å². The Morgan fingerprint density at radius 3 is 2.69 bits per heavy atom. The van der Waals surface area contributed by atoms with Gasteiger partial charge in [0.15, 0.2) is 5.82 Å². The quantitative estimate of drug-likeness (QED) is 0.745. The number of halogens is 1. The average molecular weight is 220 g/mol. The van der Waals surface area contributed by atoms with Crippen LogP contribution in [-0.2, 0) is 0 Å². The molecule has 3 aliphatic rings. The summed E-state index contributed by atoms with van der Waals surface area (Å²) in [5.74, 6) is -0.180. The molecule has 0 unspecified atom stereocenters. The molecule has 1 aromatic rings. The summed E-state index contributed by atoms with van der Waals surface area (Å²) in [6.07, 6.45) is 3.13. The van der Waals surface area contributed by atoms with E-state index in [9.17, 15) is 9.18 Å². The fraction of sp³-hybridized carbons (Fsp3) is 0.417. The predicted octanol–water partition coefficient (Wildman–Crippen LogP) is 1.69. The summed E-state index contributed by atoms with van der Waals surface area (Å²) in [6, 6.07) is 4.51. The Bertz CT molecular complexity index is 455. The van der Waals surface area contributed by atoms with Crippen LogP contribution in [0.15, 0.2) is 18.2 Å². The van der Waals surface area contributed by atoms with Crippen LogP contribution in [-0.4, -0.2) is 11.4 Å². The van der Waals surface area contributed by atoms with Crippen LogP contribution in [0.1, 0.15) is 29.6 Å². The van der Waals surface area contributed by atoms with Crippen molar-refractivity contribution in [1.82, 2.24) is 5.32 Å². The van der Waals surface area contributed by atoms with Crippen LogP contribution in [0.5, 0.6) is 0 Å². The maximum absolute atomic E-state index is 13.6. The number of carbonyl (C=O) groups is 1. The van der Waals surface area contributed by atoms with Crippen LogP contribution in [0, 0.1) is 11.7 Å². The van der Waals surface area contributed by atoms with Crippen molar-refractivity contribution >= 4 is 11.6 Å². The standard InChI is InChI=1S/C12H13FN2O/c13-10-8(2-1-3-9(10)14)11(16)15-12-4-7(5-12)6-12/h1-3,7H,4-6,14H2,(H,15,16). The zero-order chi connectivity index (χ0) is 11.3. The van der Waals surface area contributed by atoms with Gasteiger partial charge < -0.3 is 11.1 Å².